The highest BCUT2D eigenvalue weighted by Gasteiger charge is 2.34. The lowest BCUT2D eigenvalue weighted by atomic mass is 9.91. The largest absolute Gasteiger partial charge is 0.465 e. The fourth-order valence-corrected chi connectivity index (χ4v) is 3.53. The van der Waals surface area contributed by atoms with E-state index in [2.05, 4.69) is 54.1 Å². The number of para-hydroxylation sites is 1. The molecule has 0 bridgehead atoms. The number of aromatic nitrogens is 1. The van der Waals surface area contributed by atoms with Crippen molar-refractivity contribution < 1.29 is 9.53 Å². The summed E-state index contributed by atoms with van der Waals surface area (Å²) in [5, 5.41) is 4.85. The number of fused-ring (bicyclic) bond motifs is 5. The maximum absolute atomic E-state index is 11.9. The number of rotatable bonds is 2. The van der Waals surface area contributed by atoms with E-state index in [0.717, 1.165) is 17.8 Å². The van der Waals surface area contributed by atoms with Crippen LogP contribution in [0.4, 0.5) is 5.69 Å². The minimum Gasteiger partial charge on any atom is -0.465 e. The molecule has 1 aliphatic rings. The molecule has 0 fully saturated rings. The molecule has 24 heavy (non-hydrogen) atoms. The van der Waals surface area contributed by atoms with Gasteiger partial charge in [0.25, 0.3) is 0 Å². The third-order valence-electron chi connectivity index (χ3n) is 5.05. The van der Waals surface area contributed by atoms with Crippen molar-refractivity contribution in [3.8, 4) is 5.69 Å². The first-order chi connectivity index (χ1) is 11.6. The standard InChI is InChI=1S/C20H20N2O2/c1-4-20(2)18-12-13-7-5-6-8-16(13)22(18)17-10-9-14(19(23)24-3)11-15(17)21-20/h5-12,21H,4H2,1-3H3. The first-order valence-electron chi connectivity index (χ1n) is 8.19. The van der Waals surface area contributed by atoms with Crippen LogP contribution in [0.25, 0.3) is 16.6 Å². The number of benzene rings is 2. The van der Waals surface area contributed by atoms with Crippen LogP contribution in [-0.2, 0) is 10.3 Å². The molecule has 1 aliphatic heterocycles. The summed E-state index contributed by atoms with van der Waals surface area (Å²) in [6.45, 7) is 4.37. The molecule has 0 saturated heterocycles. The van der Waals surface area contributed by atoms with E-state index in [-0.39, 0.29) is 11.5 Å². The fourth-order valence-electron chi connectivity index (χ4n) is 3.53. The van der Waals surface area contributed by atoms with Crippen molar-refractivity contribution in [2.24, 2.45) is 0 Å². The summed E-state index contributed by atoms with van der Waals surface area (Å²) in [6.07, 6.45) is 0.936. The molecule has 4 rings (SSSR count). The van der Waals surface area contributed by atoms with Gasteiger partial charge in [-0.3, -0.25) is 0 Å². The molecule has 2 heterocycles. The molecule has 2 aromatic carbocycles. The van der Waals surface area contributed by atoms with E-state index in [1.807, 2.05) is 18.2 Å². The molecular weight excluding hydrogens is 300 g/mol. The van der Waals surface area contributed by atoms with E-state index in [4.69, 9.17) is 4.74 Å². The maximum atomic E-state index is 11.9. The summed E-state index contributed by atoms with van der Waals surface area (Å²) in [6, 6.07) is 16.3. The van der Waals surface area contributed by atoms with Crippen LogP contribution >= 0.6 is 0 Å². The van der Waals surface area contributed by atoms with Crippen LogP contribution in [-0.4, -0.2) is 17.6 Å². The van der Waals surface area contributed by atoms with Crippen molar-refractivity contribution in [1.29, 1.82) is 0 Å². The minimum atomic E-state index is -0.319. The number of hydrogen-bond donors (Lipinski definition) is 1. The highest BCUT2D eigenvalue weighted by atomic mass is 16.5. The van der Waals surface area contributed by atoms with Crippen LogP contribution < -0.4 is 5.32 Å². The molecule has 122 valence electrons. The normalized spacial score (nSPS) is 18.6. The monoisotopic (exact) mass is 320 g/mol. The molecule has 0 radical (unpaired) electrons. The lowest BCUT2D eigenvalue weighted by Gasteiger charge is -2.38. The number of carbonyl (C=O) groups excluding carboxylic acids is 1. The zero-order chi connectivity index (χ0) is 16.9. The van der Waals surface area contributed by atoms with Gasteiger partial charge >= 0.3 is 5.97 Å². The molecule has 1 aromatic heterocycles. The van der Waals surface area contributed by atoms with Gasteiger partial charge in [0.1, 0.15) is 0 Å². The van der Waals surface area contributed by atoms with E-state index in [9.17, 15) is 4.79 Å². The Morgan fingerprint density at radius 3 is 2.75 bits per heavy atom. The van der Waals surface area contributed by atoms with Gasteiger partial charge in [0.05, 0.1) is 35.1 Å². The first kappa shape index (κ1) is 14.8. The zero-order valence-electron chi connectivity index (χ0n) is 14.1. The highest BCUT2D eigenvalue weighted by Crippen LogP contribution is 2.42. The zero-order valence-corrected chi connectivity index (χ0v) is 14.1. The smallest absolute Gasteiger partial charge is 0.337 e. The van der Waals surface area contributed by atoms with E-state index >= 15 is 0 Å². The van der Waals surface area contributed by atoms with Crippen LogP contribution in [0.5, 0.6) is 0 Å². The first-order valence-corrected chi connectivity index (χ1v) is 8.19. The van der Waals surface area contributed by atoms with Gasteiger partial charge in [-0.25, -0.2) is 4.79 Å². The van der Waals surface area contributed by atoms with Crippen molar-refractivity contribution in [3.63, 3.8) is 0 Å². The van der Waals surface area contributed by atoms with Crippen molar-refractivity contribution in [2.75, 3.05) is 12.4 Å². The Morgan fingerprint density at radius 2 is 2.00 bits per heavy atom. The van der Waals surface area contributed by atoms with E-state index in [1.165, 1.54) is 23.7 Å². The van der Waals surface area contributed by atoms with Gasteiger partial charge in [0.15, 0.2) is 0 Å². The van der Waals surface area contributed by atoms with Crippen molar-refractivity contribution in [2.45, 2.75) is 25.8 Å². The third-order valence-corrected chi connectivity index (χ3v) is 5.05. The predicted molar refractivity (Wildman–Crippen MR) is 95.9 cm³/mol. The molecule has 0 saturated carbocycles. The van der Waals surface area contributed by atoms with Gasteiger partial charge in [-0.1, -0.05) is 25.1 Å². The Bertz CT molecular complexity index is 957. The summed E-state index contributed by atoms with van der Waals surface area (Å²) in [4.78, 5) is 11.9. The summed E-state index contributed by atoms with van der Waals surface area (Å²) in [7, 11) is 1.41. The van der Waals surface area contributed by atoms with Crippen LogP contribution in [0.2, 0.25) is 0 Å². The summed E-state index contributed by atoms with van der Waals surface area (Å²) in [5.41, 5.74) is 4.80. The van der Waals surface area contributed by atoms with Crippen LogP contribution in [0, 0.1) is 0 Å². The van der Waals surface area contributed by atoms with Crippen molar-refractivity contribution in [3.05, 3.63) is 59.8 Å². The molecule has 1 unspecified atom stereocenters. The molecular formula is C20H20N2O2. The van der Waals surface area contributed by atoms with Gasteiger partial charge < -0.3 is 14.6 Å². The van der Waals surface area contributed by atoms with Gasteiger partial charge in [0, 0.05) is 11.1 Å². The Labute approximate surface area is 141 Å². The number of hydrogen-bond acceptors (Lipinski definition) is 3. The molecule has 0 amide bonds. The Morgan fingerprint density at radius 1 is 1.21 bits per heavy atom. The topological polar surface area (TPSA) is 43.3 Å². The Hall–Kier alpha value is -2.75. The predicted octanol–water partition coefficient (Wildman–Crippen LogP) is 4.47. The van der Waals surface area contributed by atoms with Crippen molar-refractivity contribution in [1.82, 2.24) is 4.57 Å². The number of esters is 1. The Balaban J connectivity index is 2.02. The fraction of sp³-hybridized carbons (Fsp3) is 0.250. The number of methoxy groups -OCH3 is 1. The molecule has 1 N–H and O–H groups in total. The summed E-state index contributed by atoms with van der Waals surface area (Å²) < 4.78 is 7.15. The average Bonchev–Trinajstić information content (AvgIpc) is 3.01. The van der Waals surface area contributed by atoms with Gasteiger partial charge in [-0.15, -0.1) is 0 Å². The summed E-state index contributed by atoms with van der Waals surface area (Å²) in [5.74, 6) is -0.319. The van der Waals surface area contributed by atoms with Crippen molar-refractivity contribution >= 4 is 22.6 Å². The van der Waals surface area contributed by atoms with Crippen LogP contribution in [0.3, 0.4) is 0 Å². The number of nitrogens with one attached hydrogen (secondary N) is 1. The van der Waals surface area contributed by atoms with E-state index < -0.39 is 0 Å². The number of carbonyl (C=O) groups is 1. The van der Waals surface area contributed by atoms with E-state index in [1.54, 1.807) is 0 Å². The van der Waals surface area contributed by atoms with Crippen LogP contribution in [0.1, 0.15) is 36.3 Å². The molecule has 0 spiro atoms. The Kier molecular flexibility index (Phi) is 3.17. The molecule has 4 nitrogen and oxygen atoms in total. The minimum absolute atomic E-state index is 0.194. The lowest BCUT2D eigenvalue weighted by molar-refractivity contribution is 0.0601. The molecule has 0 aliphatic carbocycles. The second-order valence-corrected chi connectivity index (χ2v) is 6.46. The SMILES string of the molecule is CCC1(C)Nc2cc(C(=O)OC)ccc2-n2c1cc1ccccc12. The second kappa shape index (κ2) is 5.13. The number of anilines is 1. The van der Waals surface area contributed by atoms with Gasteiger partial charge in [-0.05, 0) is 43.7 Å². The van der Waals surface area contributed by atoms with Crippen LogP contribution in [0.15, 0.2) is 48.5 Å². The van der Waals surface area contributed by atoms with E-state index in [0.29, 0.717) is 5.56 Å². The molecule has 4 heteroatoms. The lowest BCUT2D eigenvalue weighted by Crippen LogP contribution is -2.37. The average molecular weight is 320 g/mol. The van der Waals surface area contributed by atoms with Gasteiger partial charge in [0.2, 0.25) is 0 Å². The maximum Gasteiger partial charge on any atom is 0.337 e. The second-order valence-electron chi connectivity index (χ2n) is 6.46. The quantitative estimate of drug-likeness (QED) is 0.709. The third kappa shape index (κ3) is 1.96. The number of ether oxygens (including phenoxy) is 1. The van der Waals surface area contributed by atoms with Gasteiger partial charge in [-0.2, -0.15) is 0 Å². The molecule has 1 atom stereocenters. The number of nitrogens with zero attached hydrogens (tertiary/aromatic N) is 1. The highest BCUT2D eigenvalue weighted by molar-refractivity contribution is 5.93. The molecule has 3 aromatic rings. The summed E-state index contributed by atoms with van der Waals surface area (Å²) >= 11 is 0.